The van der Waals surface area contributed by atoms with Gasteiger partial charge in [0, 0.05) is 18.7 Å². The van der Waals surface area contributed by atoms with Crippen molar-refractivity contribution in [2.24, 2.45) is 11.7 Å². The van der Waals surface area contributed by atoms with Gasteiger partial charge in [-0.15, -0.1) is 0 Å². The van der Waals surface area contributed by atoms with Crippen molar-refractivity contribution in [3.8, 4) is 0 Å². The van der Waals surface area contributed by atoms with E-state index in [4.69, 9.17) is 5.73 Å². The third kappa shape index (κ3) is 4.42. The number of nitrogens with two attached hydrogens (primary N) is 1. The van der Waals surface area contributed by atoms with Gasteiger partial charge in [-0.2, -0.15) is 13.2 Å². The number of halogens is 4. The average Bonchev–Trinajstić information content (AvgIpc) is 2.42. The minimum absolute atomic E-state index is 0.0245. The van der Waals surface area contributed by atoms with Crippen molar-refractivity contribution in [3.63, 3.8) is 0 Å². The maximum atomic E-state index is 13.2. The van der Waals surface area contributed by atoms with Crippen molar-refractivity contribution in [3.05, 3.63) is 35.1 Å². The molecular formula is C14H18F4N2O. The molecule has 1 atom stereocenters. The van der Waals surface area contributed by atoms with Gasteiger partial charge in [0.25, 0.3) is 5.91 Å². The van der Waals surface area contributed by atoms with Crippen LogP contribution in [0.15, 0.2) is 18.2 Å². The number of carbonyl (C=O) groups is 1. The average molecular weight is 306 g/mol. The summed E-state index contributed by atoms with van der Waals surface area (Å²) in [4.78, 5) is 13.6. The Morgan fingerprint density at radius 1 is 1.38 bits per heavy atom. The van der Waals surface area contributed by atoms with Gasteiger partial charge in [-0.1, -0.05) is 6.92 Å². The van der Waals surface area contributed by atoms with Crippen molar-refractivity contribution in [2.45, 2.75) is 20.0 Å². The lowest BCUT2D eigenvalue weighted by Crippen LogP contribution is -2.36. The lowest BCUT2D eigenvalue weighted by Gasteiger charge is -2.24. The first-order valence-corrected chi connectivity index (χ1v) is 6.56. The highest BCUT2D eigenvalue weighted by Crippen LogP contribution is 2.32. The Hall–Kier alpha value is -1.63. The maximum Gasteiger partial charge on any atom is 0.419 e. The molecule has 7 heteroatoms. The summed E-state index contributed by atoms with van der Waals surface area (Å²) in [6.07, 6.45) is -4.83. The van der Waals surface area contributed by atoms with Crippen molar-refractivity contribution in [1.82, 2.24) is 4.90 Å². The first kappa shape index (κ1) is 17.4. The predicted molar refractivity (Wildman–Crippen MR) is 71.2 cm³/mol. The second-order valence-electron chi connectivity index (χ2n) is 4.88. The molecule has 0 aliphatic carbocycles. The van der Waals surface area contributed by atoms with Gasteiger partial charge in [-0.25, -0.2) is 4.39 Å². The lowest BCUT2D eigenvalue weighted by molar-refractivity contribution is -0.140. The molecule has 3 nitrogen and oxygen atoms in total. The summed E-state index contributed by atoms with van der Waals surface area (Å²) in [5, 5.41) is 0. The van der Waals surface area contributed by atoms with E-state index in [0.29, 0.717) is 31.8 Å². The monoisotopic (exact) mass is 306 g/mol. The number of hydrogen-bond acceptors (Lipinski definition) is 2. The van der Waals surface area contributed by atoms with Crippen LogP contribution in [0.3, 0.4) is 0 Å². The topological polar surface area (TPSA) is 46.3 Å². The minimum Gasteiger partial charge on any atom is -0.339 e. The zero-order chi connectivity index (χ0) is 16.2. The maximum absolute atomic E-state index is 13.2. The van der Waals surface area contributed by atoms with E-state index in [0.717, 1.165) is 6.07 Å². The third-order valence-corrected chi connectivity index (χ3v) is 3.12. The molecule has 0 fully saturated rings. The van der Waals surface area contributed by atoms with Gasteiger partial charge in [0.2, 0.25) is 0 Å². The summed E-state index contributed by atoms with van der Waals surface area (Å²) in [5.41, 5.74) is 3.86. The van der Waals surface area contributed by atoms with E-state index in [1.165, 1.54) is 4.90 Å². The predicted octanol–water partition coefficient (Wildman–Crippen LogP) is 2.90. The van der Waals surface area contributed by atoms with Crippen LogP contribution < -0.4 is 5.73 Å². The van der Waals surface area contributed by atoms with Crippen LogP contribution >= 0.6 is 0 Å². The Morgan fingerprint density at radius 3 is 2.48 bits per heavy atom. The zero-order valence-electron chi connectivity index (χ0n) is 11.9. The minimum atomic E-state index is -4.83. The van der Waals surface area contributed by atoms with E-state index < -0.39 is 23.5 Å². The fourth-order valence-corrected chi connectivity index (χ4v) is 1.86. The normalized spacial score (nSPS) is 13.1. The van der Waals surface area contributed by atoms with Gasteiger partial charge < -0.3 is 10.6 Å². The van der Waals surface area contributed by atoms with E-state index in [1.54, 1.807) is 6.92 Å². The van der Waals surface area contributed by atoms with Gasteiger partial charge in [0.1, 0.15) is 5.82 Å². The lowest BCUT2D eigenvalue weighted by atomic mass is 10.1. The molecule has 1 amide bonds. The Bertz CT molecular complexity index is 502. The van der Waals surface area contributed by atoms with Crippen LogP contribution in [0.1, 0.15) is 29.8 Å². The second-order valence-corrected chi connectivity index (χ2v) is 4.88. The van der Waals surface area contributed by atoms with Crippen molar-refractivity contribution >= 4 is 5.91 Å². The van der Waals surface area contributed by atoms with Crippen LogP contribution in [0.2, 0.25) is 0 Å². The van der Waals surface area contributed by atoms with Gasteiger partial charge >= 0.3 is 6.18 Å². The van der Waals surface area contributed by atoms with Gasteiger partial charge in [-0.05, 0) is 37.6 Å². The number of hydrogen-bond donors (Lipinski definition) is 1. The molecule has 118 valence electrons. The molecular weight excluding hydrogens is 288 g/mol. The Labute approximate surface area is 120 Å². The highest BCUT2D eigenvalue weighted by molar-refractivity contribution is 5.94. The highest BCUT2D eigenvalue weighted by Gasteiger charge is 2.35. The molecule has 0 saturated heterocycles. The molecule has 21 heavy (non-hydrogen) atoms. The van der Waals surface area contributed by atoms with E-state index in [2.05, 4.69) is 0 Å². The summed E-state index contributed by atoms with van der Waals surface area (Å²) in [6.45, 7) is 4.59. The van der Waals surface area contributed by atoms with Crippen LogP contribution in [-0.2, 0) is 6.18 Å². The molecule has 0 spiro atoms. The second kappa shape index (κ2) is 6.89. The van der Waals surface area contributed by atoms with Crippen LogP contribution in [0, 0.1) is 11.7 Å². The Balaban J connectivity index is 3.06. The molecule has 1 aromatic rings. The molecule has 0 aliphatic heterocycles. The molecule has 1 rings (SSSR count). The van der Waals surface area contributed by atoms with E-state index >= 15 is 0 Å². The molecule has 0 aromatic heterocycles. The Morgan fingerprint density at radius 2 is 2.00 bits per heavy atom. The molecule has 0 aliphatic rings. The summed E-state index contributed by atoms with van der Waals surface area (Å²) < 4.78 is 51.2. The summed E-state index contributed by atoms with van der Waals surface area (Å²) >= 11 is 0. The summed E-state index contributed by atoms with van der Waals surface area (Å²) in [6, 6.07) is 2.27. The smallest absolute Gasteiger partial charge is 0.339 e. The van der Waals surface area contributed by atoms with E-state index in [1.807, 2.05) is 6.92 Å². The van der Waals surface area contributed by atoms with Gasteiger partial charge in [0.15, 0.2) is 0 Å². The quantitative estimate of drug-likeness (QED) is 0.850. The number of rotatable bonds is 5. The first-order valence-electron chi connectivity index (χ1n) is 6.56. The fraction of sp³-hybridized carbons (Fsp3) is 0.500. The molecule has 0 radical (unpaired) electrons. The number of alkyl halides is 3. The largest absolute Gasteiger partial charge is 0.419 e. The van der Waals surface area contributed by atoms with Crippen LogP contribution in [0.25, 0.3) is 0 Å². The van der Waals surface area contributed by atoms with Crippen LogP contribution in [0.4, 0.5) is 17.6 Å². The van der Waals surface area contributed by atoms with Crippen molar-refractivity contribution in [2.75, 3.05) is 19.6 Å². The number of benzene rings is 1. The molecule has 1 aromatic carbocycles. The molecule has 0 bridgehead atoms. The Kier molecular flexibility index (Phi) is 5.71. The standard InChI is InChI=1S/C14H18F4N2O/c1-3-20(8-9(2)7-19)13(21)10-4-5-12(15)11(6-10)14(16,17)18/h4-6,9H,3,7-8,19H2,1-2H3. The molecule has 0 heterocycles. The van der Waals surface area contributed by atoms with Gasteiger partial charge in [0.05, 0.1) is 5.56 Å². The number of nitrogens with zero attached hydrogens (tertiary/aromatic N) is 1. The summed E-state index contributed by atoms with van der Waals surface area (Å²) in [7, 11) is 0. The highest BCUT2D eigenvalue weighted by atomic mass is 19.4. The fourth-order valence-electron chi connectivity index (χ4n) is 1.86. The van der Waals surface area contributed by atoms with E-state index in [-0.39, 0.29) is 11.5 Å². The first-order chi connectivity index (χ1) is 9.70. The van der Waals surface area contributed by atoms with Gasteiger partial charge in [-0.3, -0.25) is 4.79 Å². The number of amides is 1. The SMILES string of the molecule is CCN(CC(C)CN)C(=O)c1ccc(F)c(C(F)(F)F)c1. The van der Waals surface area contributed by atoms with Crippen molar-refractivity contribution in [1.29, 1.82) is 0 Å². The molecule has 1 unspecified atom stereocenters. The van der Waals surface area contributed by atoms with Crippen LogP contribution in [0.5, 0.6) is 0 Å². The third-order valence-electron chi connectivity index (χ3n) is 3.12. The summed E-state index contributed by atoms with van der Waals surface area (Å²) in [5.74, 6) is -1.93. The zero-order valence-corrected chi connectivity index (χ0v) is 11.9. The molecule has 2 N–H and O–H groups in total. The van der Waals surface area contributed by atoms with E-state index in [9.17, 15) is 22.4 Å². The van der Waals surface area contributed by atoms with Crippen LogP contribution in [-0.4, -0.2) is 30.4 Å². The molecule has 0 saturated carbocycles. The van der Waals surface area contributed by atoms with Crippen molar-refractivity contribution < 1.29 is 22.4 Å². The number of carbonyl (C=O) groups excluding carboxylic acids is 1.